The van der Waals surface area contributed by atoms with Gasteiger partial charge in [0.1, 0.15) is 5.82 Å². The number of hydrogen-bond acceptors (Lipinski definition) is 3. The number of ether oxygens (including phenoxy) is 1. The van der Waals surface area contributed by atoms with Gasteiger partial charge in [-0.2, -0.15) is 0 Å². The average Bonchev–Trinajstić information content (AvgIpc) is 2.63. The highest BCUT2D eigenvalue weighted by Crippen LogP contribution is 2.23. The van der Waals surface area contributed by atoms with E-state index in [1.54, 1.807) is 18.2 Å². The van der Waals surface area contributed by atoms with Gasteiger partial charge in [-0.05, 0) is 36.8 Å². The standard InChI is InChI=1S/C19H22FN3O2/c1-14-12-16(23-8-10-25-11-9-23)6-7-18(14)22-19(24)21-13-15-4-2-3-5-17(15)20/h2-7,12H,8-11,13H2,1H3,(H2,21,22,24). The summed E-state index contributed by atoms with van der Waals surface area (Å²) in [6.07, 6.45) is 0. The molecular weight excluding hydrogens is 321 g/mol. The van der Waals surface area contributed by atoms with Gasteiger partial charge < -0.3 is 20.3 Å². The molecule has 2 aromatic carbocycles. The molecule has 1 aliphatic heterocycles. The zero-order valence-corrected chi connectivity index (χ0v) is 14.2. The van der Waals surface area contributed by atoms with Crippen LogP contribution in [0.3, 0.4) is 0 Å². The zero-order valence-electron chi connectivity index (χ0n) is 14.2. The quantitative estimate of drug-likeness (QED) is 0.896. The average molecular weight is 343 g/mol. The third-order valence-electron chi connectivity index (χ3n) is 4.23. The van der Waals surface area contributed by atoms with Crippen LogP contribution in [0.25, 0.3) is 0 Å². The van der Waals surface area contributed by atoms with Crippen molar-refractivity contribution in [2.24, 2.45) is 0 Å². The molecule has 0 aromatic heterocycles. The lowest BCUT2D eigenvalue weighted by molar-refractivity contribution is 0.122. The minimum atomic E-state index is -0.356. The van der Waals surface area contributed by atoms with Gasteiger partial charge in [-0.1, -0.05) is 18.2 Å². The Morgan fingerprint density at radius 1 is 1.20 bits per heavy atom. The minimum Gasteiger partial charge on any atom is -0.378 e. The number of anilines is 2. The number of amides is 2. The topological polar surface area (TPSA) is 53.6 Å². The number of nitrogens with one attached hydrogen (secondary N) is 2. The van der Waals surface area contributed by atoms with Crippen molar-refractivity contribution < 1.29 is 13.9 Å². The van der Waals surface area contributed by atoms with E-state index in [1.807, 2.05) is 19.1 Å². The molecule has 132 valence electrons. The van der Waals surface area contributed by atoms with Gasteiger partial charge in [-0.15, -0.1) is 0 Å². The fraction of sp³-hybridized carbons (Fsp3) is 0.316. The smallest absolute Gasteiger partial charge is 0.319 e. The van der Waals surface area contributed by atoms with Crippen LogP contribution >= 0.6 is 0 Å². The third kappa shape index (κ3) is 4.48. The highest BCUT2D eigenvalue weighted by atomic mass is 19.1. The number of hydrogen-bond donors (Lipinski definition) is 2. The Kier molecular flexibility index (Phi) is 5.50. The van der Waals surface area contributed by atoms with Crippen molar-refractivity contribution in [3.05, 3.63) is 59.4 Å². The van der Waals surface area contributed by atoms with Crippen molar-refractivity contribution in [2.45, 2.75) is 13.5 Å². The van der Waals surface area contributed by atoms with Crippen LogP contribution in [0.15, 0.2) is 42.5 Å². The van der Waals surface area contributed by atoms with Gasteiger partial charge in [-0.25, -0.2) is 9.18 Å². The van der Waals surface area contributed by atoms with Gasteiger partial charge in [0.2, 0.25) is 0 Å². The van der Waals surface area contributed by atoms with E-state index in [2.05, 4.69) is 21.6 Å². The SMILES string of the molecule is Cc1cc(N2CCOCC2)ccc1NC(=O)NCc1ccccc1F. The molecule has 2 aromatic rings. The largest absolute Gasteiger partial charge is 0.378 e. The van der Waals surface area contributed by atoms with Gasteiger partial charge in [-0.3, -0.25) is 0 Å². The molecule has 6 heteroatoms. The van der Waals surface area contributed by atoms with Crippen LogP contribution < -0.4 is 15.5 Å². The first-order valence-electron chi connectivity index (χ1n) is 8.35. The second-order valence-electron chi connectivity index (χ2n) is 6.00. The van der Waals surface area contributed by atoms with Gasteiger partial charge >= 0.3 is 6.03 Å². The van der Waals surface area contributed by atoms with Crippen LogP contribution in [-0.2, 0) is 11.3 Å². The molecule has 0 bridgehead atoms. The Labute approximate surface area is 146 Å². The summed E-state index contributed by atoms with van der Waals surface area (Å²) < 4.78 is 18.9. The molecule has 5 nitrogen and oxygen atoms in total. The molecule has 0 spiro atoms. The first-order chi connectivity index (χ1) is 12.1. The molecule has 25 heavy (non-hydrogen) atoms. The molecule has 0 saturated carbocycles. The number of urea groups is 1. The molecule has 3 rings (SSSR count). The molecule has 1 fully saturated rings. The van der Waals surface area contributed by atoms with E-state index >= 15 is 0 Å². The van der Waals surface area contributed by atoms with Crippen molar-refractivity contribution in [1.82, 2.24) is 5.32 Å². The lowest BCUT2D eigenvalue weighted by atomic mass is 10.1. The number of morpholine rings is 1. The van der Waals surface area contributed by atoms with E-state index in [9.17, 15) is 9.18 Å². The fourth-order valence-electron chi connectivity index (χ4n) is 2.79. The highest BCUT2D eigenvalue weighted by molar-refractivity contribution is 5.90. The summed E-state index contributed by atoms with van der Waals surface area (Å²) in [6, 6.07) is 12.0. The fourth-order valence-corrected chi connectivity index (χ4v) is 2.79. The van der Waals surface area contributed by atoms with Gasteiger partial charge in [0.15, 0.2) is 0 Å². The lowest BCUT2D eigenvalue weighted by Gasteiger charge is -2.29. The van der Waals surface area contributed by atoms with E-state index in [1.165, 1.54) is 6.07 Å². The molecular formula is C19H22FN3O2. The van der Waals surface area contributed by atoms with E-state index in [4.69, 9.17) is 4.74 Å². The lowest BCUT2D eigenvalue weighted by Crippen LogP contribution is -2.36. The number of aryl methyl sites for hydroxylation is 1. The Hall–Kier alpha value is -2.60. The minimum absolute atomic E-state index is 0.142. The second kappa shape index (κ2) is 7.98. The molecule has 0 unspecified atom stereocenters. The molecule has 1 saturated heterocycles. The summed E-state index contributed by atoms with van der Waals surface area (Å²) >= 11 is 0. The zero-order chi connectivity index (χ0) is 17.6. The second-order valence-corrected chi connectivity index (χ2v) is 6.00. The molecule has 0 radical (unpaired) electrons. The normalized spacial score (nSPS) is 14.2. The van der Waals surface area contributed by atoms with Crippen LogP contribution in [0, 0.1) is 12.7 Å². The van der Waals surface area contributed by atoms with Gasteiger partial charge in [0, 0.05) is 36.6 Å². The first kappa shape index (κ1) is 17.2. The molecule has 1 aliphatic rings. The van der Waals surface area contributed by atoms with E-state index in [0.717, 1.165) is 43.2 Å². The van der Waals surface area contributed by atoms with E-state index in [0.29, 0.717) is 5.56 Å². The Morgan fingerprint density at radius 3 is 2.68 bits per heavy atom. The number of rotatable bonds is 4. The van der Waals surface area contributed by atoms with Gasteiger partial charge in [0.05, 0.1) is 13.2 Å². The highest BCUT2D eigenvalue weighted by Gasteiger charge is 2.13. The van der Waals surface area contributed by atoms with Crippen LogP contribution in [0.1, 0.15) is 11.1 Å². The Balaban J connectivity index is 1.58. The molecule has 1 heterocycles. The predicted octanol–water partition coefficient (Wildman–Crippen LogP) is 3.29. The van der Waals surface area contributed by atoms with Crippen molar-refractivity contribution in [3.63, 3.8) is 0 Å². The monoisotopic (exact) mass is 343 g/mol. The number of halogens is 1. The molecule has 0 aliphatic carbocycles. The first-order valence-corrected chi connectivity index (χ1v) is 8.35. The maximum Gasteiger partial charge on any atom is 0.319 e. The van der Waals surface area contributed by atoms with Crippen LogP contribution in [-0.4, -0.2) is 32.3 Å². The number of carbonyl (C=O) groups excluding carboxylic acids is 1. The molecule has 2 amide bonds. The van der Waals surface area contributed by atoms with Crippen molar-refractivity contribution in [3.8, 4) is 0 Å². The van der Waals surface area contributed by atoms with Crippen molar-refractivity contribution >= 4 is 17.4 Å². The van der Waals surface area contributed by atoms with Crippen LogP contribution in [0.5, 0.6) is 0 Å². The maximum absolute atomic E-state index is 13.6. The van der Waals surface area contributed by atoms with Crippen molar-refractivity contribution in [2.75, 3.05) is 36.5 Å². The summed E-state index contributed by atoms with van der Waals surface area (Å²) in [5.41, 5.74) is 3.29. The predicted molar refractivity (Wildman–Crippen MR) is 96.5 cm³/mol. The maximum atomic E-state index is 13.6. The third-order valence-corrected chi connectivity index (χ3v) is 4.23. The van der Waals surface area contributed by atoms with Gasteiger partial charge in [0.25, 0.3) is 0 Å². The summed E-state index contributed by atoms with van der Waals surface area (Å²) in [6.45, 7) is 5.31. The Bertz CT molecular complexity index is 745. The van der Waals surface area contributed by atoms with E-state index < -0.39 is 0 Å². The van der Waals surface area contributed by atoms with Crippen LogP contribution in [0.4, 0.5) is 20.6 Å². The van der Waals surface area contributed by atoms with Crippen LogP contribution in [0.2, 0.25) is 0 Å². The molecule has 2 N–H and O–H groups in total. The number of carbonyl (C=O) groups is 1. The molecule has 0 atom stereocenters. The summed E-state index contributed by atoms with van der Waals surface area (Å²) in [5, 5.41) is 5.49. The Morgan fingerprint density at radius 2 is 1.96 bits per heavy atom. The summed E-state index contributed by atoms with van der Waals surface area (Å²) in [7, 11) is 0. The van der Waals surface area contributed by atoms with Crippen molar-refractivity contribution in [1.29, 1.82) is 0 Å². The summed E-state index contributed by atoms with van der Waals surface area (Å²) in [5.74, 6) is -0.325. The van der Waals surface area contributed by atoms with E-state index in [-0.39, 0.29) is 18.4 Å². The number of nitrogens with zero attached hydrogens (tertiary/aromatic N) is 1. The number of benzene rings is 2. The summed E-state index contributed by atoms with van der Waals surface area (Å²) in [4.78, 5) is 14.3.